The summed E-state index contributed by atoms with van der Waals surface area (Å²) in [5, 5.41) is 37.7. The van der Waals surface area contributed by atoms with Gasteiger partial charge in [0.1, 0.15) is 48.5 Å². The topological polar surface area (TPSA) is 456 Å². The van der Waals surface area contributed by atoms with Crippen LogP contribution in [0.25, 0.3) is 22.1 Å². The van der Waals surface area contributed by atoms with Crippen LogP contribution >= 0.6 is 35.2 Å². The molecule has 6 rings (SSSR count). The number of carbonyl (C=O) groups excluding carboxylic acids is 4. The summed E-state index contributed by atoms with van der Waals surface area (Å²) in [6.45, 7) is 3.53. The number of aliphatic hydroxyl groups excluding tert-OH is 3. The molecule has 0 bridgehead atoms. The molecule has 79 heavy (non-hydrogen) atoms. The fourth-order valence-electron chi connectivity index (χ4n) is 8.12. The number of esters is 1. The van der Waals surface area contributed by atoms with Crippen molar-refractivity contribution in [3.8, 4) is 0 Å². The van der Waals surface area contributed by atoms with E-state index in [1.165, 1.54) is 19.9 Å². The molecular formula is C45H61N8O22P3S-4. The van der Waals surface area contributed by atoms with Crippen LogP contribution in [0, 0.1) is 5.41 Å². The molecule has 30 nitrogen and oxygen atoms in total. The van der Waals surface area contributed by atoms with Crippen molar-refractivity contribution in [3.63, 3.8) is 0 Å². The molecule has 3 aromatic heterocycles. The molecule has 2 aliphatic heterocycles. The van der Waals surface area contributed by atoms with Gasteiger partial charge in [0.15, 0.2) is 24.0 Å². The Balaban J connectivity index is 0.805. The number of rotatable bonds is 29. The van der Waals surface area contributed by atoms with E-state index in [2.05, 4.69) is 48.5 Å². The predicted molar refractivity (Wildman–Crippen MR) is 269 cm³/mol. The van der Waals surface area contributed by atoms with Gasteiger partial charge in [-0.3, -0.25) is 28.1 Å². The summed E-state index contributed by atoms with van der Waals surface area (Å²) in [5.41, 5.74) is 5.23. The van der Waals surface area contributed by atoms with Crippen LogP contribution in [-0.4, -0.2) is 150 Å². The lowest BCUT2D eigenvalue weighted by molar-refractivity contribution is -0.347. The van der Waals surface area contributed by atoms with Crippen LogP contribution in [0.1, 0.15) is 82.8 Å². The summed E-state index contributed by atoms with van der Waals surface area (Å²) in [6, 6.07) is 7.36. The van der Waals surface area contributed by atoms with E-state index in [1.54, 1.807) is 19.2 Å². The van der Waals surface area contributed by atoms with E-state index < -0.39 is 115 Å². The lowest BCUT2D eigenvalue weighted by Gasteiger charge is -2.38. The van der Waals surface area contributed by atoms with Gasteiger partial charge in [0, 0.05) is 54.2 Å². The number of unbranched alkanes of at least 4 members (excludes halogenated alkanes) is 2. The molecule has 2 fully saturated rings. The molecule has 0 saturated carbocycles. The number of H-pyrrole nitrogens is 1. The van der Waals surface area contributed by atoms with Gasteiger partial charge in [0.25, 0.3) is 15.6 Å². The molecule has 8 N–H and O–H groups in total. The number of aliphatic hydroxyl groups is 3. The number of thioether (sulfide) groups is 1. The minimum atomic E-state index is -5.95. The Morgan fingerprint density at radius 1 is 1.03 bits per heavy atom. The van der Waals surface area contributed by atoms with Crippen LogP contribution < -0.4 is 35.9 Å². The molecule has 0 radical (unpaired) electrons. The number of nitrogens with one attached hydrogen (secondary N) is 3. The number of para-hydroxylation sites is 1. The highest BCUT2D eigenvalue weighted by Crippen LogP contribution is 2.56. The zero-order valence-electron chi connectivity index (χ0n) is 43.0. The lowest BCUT2D eigenvalue weighted by atomic mass is 9.87. The smallest absolute Gasteiger partial charge is 0.340 e. The van der Waals surface area contributed by atoms with Crippen molar-refractivity contribution in [3.05, 3.63) is 60.8 Å². The molecule has 2 unspecified atom stereocenters. The molecule has 4 aromatic rings. The first-order valence-corrected chi connectivity index (χ1v) is 29.9. The third kappa shape index (κ3) is 18.5. The second-order valence-electron chi connectivity index (χ2n) is 19.0. The van der Waals surface area contributed by atoms with Crippen LogP contribution in [0.5, 0.6) is 0 Å². The van der Waals surface area contributed by atoms with Crippen molar-refractivity contribution < 1.29 is 105 Å². The minimum Gasteiger partial charge on any atom is -0.790 e. The third-order valence-corrected chi connectivity index (χ3v) is 16.1. The second-order valence-corrected chi connectivity index (χ2v) is 24.2. The maximum atomic E-state index is 12.9. The van der Waals surface area contributed by atoms with Crippen molar-refractivity contribution in [2.24, 2.45) is 5.41 Å². The van der Waals surface area contributed by atoms with Gasteiger partial charge in [0.05, 0.1) is 45.1 Å². The monoisotopic (exact) mass is 1190 g/mol. The number of nitrogen functional groups attached to an aromatic ring is 1. The fourth-order valence-corrected chi connectivity index (χ4v) is 11.4. The van der Waals surface area contributed by atoms with Gasteiger partial charge in [-0.2, -0.15) is 0 Å². The number of phosphoric ester groups is 3. The summed E-state index contributed by atoms with van der Waals surface area (Å²) < 4.78 is 78.5. The summed E-state index contributed by atoms with van der Waals surface area (Å²) in [6.07, 6.45) is -3.38. The van der Waals surface area contributed by atoms with Crippen molar-refractivity contribution in [2.75, 3.05) is 37.8 Å². The van der Waals surface area contributed by atoms with E-state index >= 15 is 0 Å². The number of fused-ring (bicyclic) bond motifs is 2. The Hall–Kier alpha value is -4.59. The predicted octanol–water partition coefficient (Wildman–Crippen LogP) is -0.139. The van der Waals surface area contributed by atoms with Gasteiger partial charge < -0.3 is 93.3 Å². The van der Waals surface area contributed by atoms with E-state index in [9.17, 15) is 67.8 Å². The number of amides is 2. The Morgan fingerprint density at radius 3 is 2.51 bits per heavy atom. The molecule has 2 aliphatic rings. The number of hydrogen-bond donors (Lipinski definition) is 7. The standard InChI is InChI=1S/C45H65N8O22P3S/c1-25(70-44-30(54)19-31(26(2)71-44)73-43(60)28-20-49-29-13-10-9-12-27(28)29)11-7-5-6-8-14-34(56)79-18-17-47-33(55)15-16-48-41(59)38(58)45(3,4)22-69-78(66,67)75-77(64,65)68-21-32-37(74-76(61,62)63)36(57)42(72-32)53-24-52-35-39(46)50-23-51-40(35)53/h8-10,12-14,20,23-26,30-32,36-38,42,44,49,54,57-58H,5-7,11,15-19,21-22H2,1-4H3,(H,47,55)(H,48,59)(H,64,65)(H,66,67)(H2,46,50,51)(H2,61,62,63)/p-4/b14-8+/t25-,26+,30-,31-,32-,36-,37-,38+,42-,44-/m1/s1. The van der Waals surface area contributed by atoms with Gasteiger partial charge in [0.2, 0.25) is 16.9 Å². The number of allylic oxidation sites excluding steroid dienone is 1. The molecule has 438 valence electrons. The van der Waals surface area contributed by atoms with Crippen LogP contribution in [0.2, 0.25) is 0 Å². The Labute approximate surface area is 455 Å². The molecule has 2 amide bonds. The quantitative estimate of drug-likeness (QED) is 0.0161. The number of aromatic nitrogens is 5. The number of aromatic amines is 1. The van der Waals surface area contributed by atoms with Crippen molar-refractivity contribution >= 4 is 86.0 Å². The maximum absolute atomic E-state index is 12.9. The number of anilines is 1. The first-order valence-electron chi connectivity index (χ1n) is 24.5. The average Bonchev–Trinajstić information content (AvgIpc) is 4.33. The van der Waals surface area contributed by atoms with E-state index in [0.717, 1.165) is 52.7 Å². The number of imidazole rings is 1. The third-order valence-electron chi connectivity index (χ3n) is 12.3. The molecule has 2 saturated heterocycles. The number of nitrogens with two attached hydrogens (primary N) is 1. The SMILES string of the molecule is C[C@H](CCCC/C=C/C(=O)SCCNC(=O)CCNC(=O)[C@H](O)C(C)(C)COP(=O)([O-])OP(=O)([O-])OC[C@H]1O[C@@H](n2cnc3c(N)ncnc32)[C@H](O)[C@@H]1OP(=O)([O-])[O-])O[C@@H]1O[C@@H](C)[C@H](OC(=O)c2c[nH]c3ccccc23)C[C@H]1O. The van der Waals surface area contributed by atoms with Crippen molar-refractivity contribution in [1.29, 1.82) is 0 Å². The van der Waals surface area contributed by atoms with Crippen LogP contribution in [0.15, 0.2) is 55.3 Å². The van der Waals surface area contributed by atoms with E-state index in [4.69, 9.17) is 24.7 Å². The highest BCUT2D eigenvalue weighted by molar-refractivity contribution is 8.14. The molecule has 1 aromatic carbocycles. The van der Waals surface area contributed by atoms with Crippen LogP contribution in [0.4, 0.5) is 5.82 Å². The molecule has 5 heterocycles. The molecule has 12 atom stereocenters. The normalized spacial score (nSPS) is 24.2. The van der Waals surface area contributed by atoms with E-state index in [-0.39, 0.29) is 59.9 Å². The minimum absolute atomic E-state index is 0.0322. The second kappa shape index (κ2) is 27.9. The molecule has 0 spiro atoms. The largest absolute Gasteiger partial charge is 0.790 e. The Kier molecular flexibility index (Phi) is 22.5. The van der Waals surface area contributed by atoms with Crippen LogP contribution in [0.3, 0.4) is 0 Å². The van der Waals surface area contributed by atoms with Gasteiger partial charge in [-0.15, -0.1) is 0 Å². The van der Waals surface area contributed by atoms with Crippen molar-refractivity contribution in [1.82, 2.24) is 35.1 Å². The number of benzene rings is 1. The first kappa shape index (κ1) is 63.6. The fraction of sp³-hybridized carbons (Fsp3) is 0.578. The first-order chi connectivity index (χ1) is 37.1. The summed E-state index contributed by atoms with van der Waals surface area (Å²) >= 11 is 0.976. The van der Waals surface area contributed by atoms with Gasteiger partial charge >= 0.3 is 5.97 Å². The van der Waals surface area contributed by atoms with E-state index in [1.807, 2.05) is 31.2 Å². The van der Waals surface area contributed by atoms with Gasteiger partial charge in [-0.25, -0.2) is 24.1 Å². The molecule has 34 heteroatoms. The highest BCUT2D eigenvalue weighted by Gasteiger charge is 2.48. The van der Waals surface area contributed by atoms with Gasteiger partial charge in [-0.05, 0) is 45.3 Å². The van der Waals surface area contributed by atoms with Crippen LogP contribution in [-0.2, 0) is 64.9 Å². The zero-order chi connectivity index (χ0) is 57.9. The molecular weight excluding hydrogens is 1130 g/mol. The molecule has 0 aliphatic carbocycles. The number of carbonyl (C=O) groups is 4. The lowest BCUT2D eigenvalue weighted by Crippen LogP contribution is -2.49. The zero-order valence-corrected chi connectivity index (χ0v) is 46.5. The summed E-state index contributed by atoms with van der Waals surface area (Å²) in [4.78, 5) is 113. The Bertz CT molecular complexity index is 2930. The number of phosphoric acid groups is 3. The average molecular weight is 1190 g/mol. The Morgan fingerprint density at radius 2 is 1.76 bits per heavy atom. The summed E-state index contributed by atoms with van der Waals surface area (Å²) in [5.74, 6) is -1.91. The van der Waals surface area contributed by atoms with Gasteiger partial charge in [-0.1, -0.05) is 56.3 Å². The van der Waals surface area contributed by atoms with Crippen molar-refractivity contribution in [2.45, 2.75) is 128 Å². The highest BCUT2D eigenvalue weighted by atomic mass is 32.2. The maximum Gasteiger partial charge on any atom is 0.340 e. The van der Waals surface area contributed by atoms with E-state index in [0.29, 0.717) is 18.4 Å². The number of hydrogen-bond acceptors (Lipinski definition) is 27. The number of ether oxygens (including phenoxy) is 4. The number of nitrogens with zero attached hydrogens (tertiary/aromatic N) is 4. The summed E-state index contributed by atoms with van der Waals surface area (Å²) in [7, 11) is -17.7.